The Labute approximate surface area is 140 Å². The Bertz CT molecular complexity index is 833. The Morgan fingerprint density at radius 1 is 1.04 bits per heavy atom. The predicted molar refractivity (Wildman–Crippen MR) is 87.5 cm³/mol. The lowest BCUT2D eigenvalue weighted by Crippen LogP contribution is -2.25. The molecule has 0 radical (unpaired) electrons. The number of benzene rings is 2. The number of nitrogens with one attached hydrogen (secondary N) is 1. The van der Waals surface area contributed by atoms with E-state index < -0.39 is 9.84 Å². The van der Waals surface area contributed by atoms with Gasteiger partial charge in [-0.1, -0.05) is 24.3 Å². The molecule has 0 saturated carbocycles. The standard InChI is InChI=1S/C17H17NO5S/c19-17(8-9-24(20,21)14-4-2-1-3-5-14)18-11-13-6-7-15-16(10-13)23-12-22-15/h1-7,10H,8-9,11-12H2,(H,18,19). The van der Waals surface area contributed by atoms with Gasteiger partial charge in [0.25, 0.3) is 0 Å². The van der Waals surface area contributed by atoms with Gasteiger partial charge in [0.2, 0.25) is 12.7 Å². The second-order valence-corrected chi connectivity index (χ2v) is 7.46. The van der Waals surface area contributed by atoms with Crippen molar-refractivity contribution in [2.45, 2.75) is 17.9 Å². The van der Waals surface area contributed by atoms with Crippen LogP contribution in [0.3, 0.4) is 0 Å². The minimum absolute atomic E-state index is 0.0816. The molecule has 1 N–H and O–H groups in total. The fourth-order valence-electron chi connectivity index (χ4n) is 2.31. The molecule has 0 atom stereocenters. The van der Waals surface area contributed by atoms with E-state index in [1.165, 1.54) is 12.1 Å². The van der Waals surface area contributed by atoms with Crippen LogP contribution in [-0.4, -0.2) is 26.9 Å². The maximum Gasteiger partial charge on any atom is 0.231 e. The first-order valence-electron chi connectivity index (χ1n) is 7.48. The minimum Gasteiger partial charge on any atom is -0.454 e. The number of carbonyl (C=O) groups excluding carboxylic acids is 1. The van der Waals surface area contributed by atoms with Crippen LogP contribution >= 0.6 is 0 Å². The van der Waals surface area contributed by atoms with Gasteiger partial charge >= 0.3 is 0 Å². The Kier molecular flexibility index (Phi) is 4.71. The molecule has 24 heavy (non-hydrogen) atoms. The van der Waals surface area contributed by atoms with Gasteiger partial charge in [0.15, 0.2) is 21.3 Å². The van der Waals surface area contributed by atoms with Crippen molar-refractivity contribution in [1.82, 2.24) is 5.32 Å². The summed E-state index contributed by atoms with van der Waals surface area (Å²) in [6, 6.07) is 13.5. The fraction of sp³-hybridized carbons (Fsp3) is 0.235. The lowest BCUT2D eigenvalue weighted by atomic mass is 10.2. The summed E-state index contributed by atoms with van der Waals surface area (Å²) < 4.78 is 34.8. The van der Waals surface area contributed by atoms with E-state index in [9.17, 15) is 13.2 Å². The molecule has 1 heterocycles. The molecule has 0 aliphatic carbocycles. The summed E-state index contributed by atoms with van der Waals surface area (Å²) in [5.41, 5.74) is 0.860. The molecule has 0 spiro atoms. The van der Waals surface area contributed by atoms with Crippen molar-refractivity contribution in [2.24, 2.45) is 0 Å². The summed E-state index contributed by atoms with van der Waals surface area (Å²) in [6.45, 7) is 0.503. The number of carbonyl (C=O) groups is 1. The molecule has 1 aliphatic rings. The van der Waals surface area contributed by atoms with Crippen LogP contribution < -0.4 is 14.8 Å². The molecule has 3 rings (SSSR count). The van der Waals surface area contributed by atoms with Gasteiger partial charge in [-0.05, 0) is 29.8 Å². The van der Waals surface area contributed by atoms with Gasteiger partial charge in [-0.15, -0.1) is 0 Å². The highest BCUT2D eigenvalue weighted by molar-refractivity contribution is 7.91. The van der Waals surface area contributed by atoms with Crippen molar-refractivity contribution < 1.29 is 22.7 Å². The third kappa shape index (κ3) is 3.86. The molecule has 0 bridgehead atoms. The van der Waals surface area contributed by atoms with Gasteiger partial charge in [-0.25, -0.2) is 8.42 Å². The zero-order valence-corrected chi connectivity index (χ0v) is 13.7. The normalized spacial score (nSPS) is 12.8. The molecule has 2 aromatic rings. The molecule has 0 unspecified atom stereocenters. The third-order valence-corrected chi connectivity index (χ3v) is 5.36. The average Bonchev–Trinajstić information content (AvgIpc) is 3.07. The summed E-state index contributed by atoms with van der Waals surface area (Å²) in [4.78, 5) is 12.1. The highest BCUT2D eigenvalue weighted by Gasteiger charge is 2.16. The first kappa shape index (κ1) is 16.3. The monoisotopic (exact) mass is 347 g/mol. The first-order chi connectivity index (χ1) is 11.5. The highest BCUT2D eigenvalue weighted by atomic mass is 32.2. The molecule has 0 saturated heterocycles. The Morgan fingerprint density at radius 2 is 1.79 bits per heavy atom. The van der Waals surface area contributed by atoms with E-state index in [-0.39, 0.29) is 29.8 Å². The van der Waals surface area contributed by atoms with E-state index in [2.05, 4.69) is 5.32 Å². The lowest BCUT2D eigenvalue weighted by Gasteiger charge is -2.07. The molecule has 7 heteroatoms. The molecule has 2 aromatic carbocycles. The van der Waals surface area contributed by atoms with Gasteiger partial charge in [0.1, 0.15) is 0 Å². The molecule has 126 valence electrons. The van der Waals surface area contributed by atoms with Gasteiger partial charge in [0, 0.05) is 13.0 Å². The largest absolute Gasteiger partial charge is 0.454 e. The number of ether oxygens (including phenoxy) is 2. The van der Waals surface area contributed by atoms with Crippen molar-refractivity contribution in [1.29, 1.82) is 0 Å². The van der Waals surface area contributed by atoms with Gasteiger partial charge in [-0.2, -0.15) is 0 Å². The molecular formula is C17H17NO5S. The van der Waals surface area contributed by atoms with Crippen molar-refractivity contribution in [3.63, 3.8) is 0 Å². The Morgan fingerprint density at radius 3 is 2.58 bits per heavy atom. The zero-order valence-electron chi connectivity index (χ0n) is 12.9. The summed E-state index contributed by atoms with van der Waals surface area (Å²) in [6.07, 6.45) is -0.0816. The van der Waals surface area contributed by atoms with Crippen LogP contribution in [-0.2, 0) is 21.2 Å². The zero-order chi connectivity index (χ0) is 17.0. The van der Waals surface area contributed by atoms with E-state index in [1.54, 1.807) is 30.3 Å². The summed E-state index contributed by atoms with van der Waals surface area (Å²) in [7, 11) is -3.44. The highest BCUT2D eigenvalue weighted by Crippen LogP contribution is 2.32. The molecule has 0 fully saturated rings. The Hall–Kier alpha value is -2.54. The predicted octanol–water partition coefficient (Wildman–Crippen LogP) is 1.90. The van der Waals surface area contributed by atoms with Crippen molar-refractivity contribution in [3.05, 3.63) is 54.1 Å². The van der Waals surface area contributed by atoms with Crippen molar-refractivity contribution in [2.75, 3.05) is 12.5 Å². The van der Waals surface area contributed by atoms with E-state index in [1.807, 2.05) is 6.07 Å². The second kappa shape index (κ2) is 6.92. The Balaban J connectivity index is 1.51. The van der Waals surface area contributed by atoms with E-state index in [0.717, 1.165) is 5.56 Å². The van der Waals surface area contributed by atoms with E-state index >= 15 is 0 Å². The maximum atomic E-state index is 12.1. The molecule has 0 aromatic heterocycles. The topological polar surface area (TPSA) is 81.7 Å². The van der Waals surface area contributed by atoms with E-state index in [0.29, 0.717) is 18.0 Å². The molecule has 1 amide bonds. The average molecular weight is 347 g/mol. The summed E-state index contributed by atoms with van der Waals surface area (Å²) in [5.74, 6) is 0.795. The number of amides is 1. The second-order valence-electron chi connectivity index (χ2n) is 5.35. The third-order valence-electron chi connectivity index (χ3n) is 3.63. The van der Waals surface area contributed by atoms with Gasteiger partial charge in [-0.3, -0.25) is 4.79 Å². The minimum atomic E-state index is -3.44. The van der Waals surface area contributed by atoms with E-state index in [4.69, 9.17) is 9.47 Å². The molecular weight excluding hydrogens is 330 g/mol. The fourth-order valence-corrected chi connectivity index (χ4v) is 3.57. The number of fused-ring (bicyclic) bond motifs is 1. The summed E-state index contributed by atoms with van der Waals surface area (Å²) >= 11 is 0. The number of rotatable bonds is 6. The van der Waals surface area contributed by atoms with Crippen molar-refractivity contribution >= 4 is 15.7 Å². The number of hydrogen-bond acceptors (Lipinski definition) is 5. The smallest absolute Gasteiger partial charge is 0.231 e. The number of hydrogen-bond donors (Lipinski definition) is 1. The quantitative estimate of drug-likeness (QED) is 0.863. The van der Waals surface area contributed by atoms with Crippen LogP contribution in [0.1, 0.15) is 12.0 Å². The maximum absolute atomic E-state index is 12.1. The van der Waals surface area contributed by atoms with Gasteiger partial charge in [0.05, 0.1) is 10.6 Å². The van der Waals surface area contributed by atoms with Crippen molar-refractivity contribution in [3.8, 4) is 11.5 Å². The van der Waals surface area contributed by atoms with Crippen LogP contribution in [0.15, 0.2) is 53.4 Å². The lowest BCUT2D eigenvalue weighted by molar-refractivity contribution is -0.120. The van der Waals surface area contributed by atoms with Crippen LogP contribution in [0, 0.1) is 0 Å². The summed E-state index contributed by atoms with van der Waals surface area (Å²) in [5, 5.41) is 2.71. The number of sulfone groups is 1. The molecule has 1 aliphatic heterocycles. The van der Waals surface area contributed by atoms with Crippen LogP contribution in [0.5, 0.6) is 11.5 Å². The first-order valence-corrected chi connectivity index (χ1v) is 9.13. The SMILES string of the molecule is O=C(CCS(=O)(=O)c1ccccc1)NCc1ccc2c(c1)OCO2. The van der Waals surface area contributed by atoms with Crippen LogP contribution in [0.25, 0.3) is 0 Å². The van der Waals surface area contributed by atoms with Crippen LogP contribution in [0.4, 0.5) is 0 Å². The van der Waals surface area contributed by atoms with Gasteiger partial charge < -0.3 is 14.8 Å². The van der Waals surface area contributed by atoms with Crippen LogP contribution in [0.2, 0.25) is 0 Å². The molecule has 6 nitrogen and oxygen atoms in total.